The van der Waals surface area contributed by atoms with E-state index in [2.05, 4.69) is 4.72 Å². The van der Waals surface area contributed by atoms with Gasteiger partial charge in [0.05, 0.1) is 17.2 Å². The SMILES string of the molecule is N=Cc1ccccc1NS(=O)(=O)c1ccccc1.OCCCl. The summed E-state index contributed by atoms with van der Waals surface area (Å²) in [7, 11) is -3.60. The third-order valence-electron chi connectivity index (χ3n) is 2.50. The number of hydrogen-bond acceptors (Lipinski definition) is 4. The normalized spacial score (nSPS) is 10.3. The van der Waals surface area contributed by atoms with Crippen LogP contribution < -0.4 is 4.72 Å². The predicted octanol–water partition coefficient (Wildman–Crippen LogP) is 2.70. The topological polar surface area (TPSA) is 90.3 Å². The average molecular weight is 341 g/mol. The van der Waals surface area contributed by atoms with E-state index in [4.69, 9.17) is 22.1 Å². The molecule has 22 heavy (non-hydrogen) atoms. The van der Waals surface area contributed by atoms with Crippen molar-refractivity contribution < 1.29 is 13.5 Å². The van der Waals surface area contributed by atoms with Gasteiger partial charge in [-0.05, 0) is 18.2 Å². The number of aliphatic hydroxyl groups is 1. The minimum absolute atomic E-state index is 0.0849. The van der Waals surface area contributed by atoms with Crippen molar-refractivity contribution in [3.63, 3.8) is 0 Å². The van der Waals surface area contributed by atoms with Crippen LogP contribution in [0.3, 0.4) is 0 Å². The van der Waals surface area contributed by atoms with E-state index < -0.39 is 10.0 Å². The quantitative estimate of drug-likeness (QED) is 0.577. The van der Waals surface area contributed by atoms with Crippen molar-refractivity contribution in [2.24, 2.45) is 0 Å². The monoisotopic (exact) mass is 340 g/mol. The molecule has 0 unspecified atom stereocenters. The highest BCUT2D eigenvalue weighted by Crippen LogP contribution is 2.18. The first kappa shape index (κ1) is 18.2. The lowest BCUT2D eigenvalue weighted by molar-refractivity contribution is 0.321. The summed E-state index contributed by atoms with van der Waals surface area (Å²) in [5.74, 6) is 0.347. The predicted molar refractivity (Wildman–Crippen MR) is 89.4 cm³/mol. The fourth-order valence-corrected chi connectivity index (χ4v) is 2.63. The second kappa shape index (κ2) is 9.19. The van der Waals surface area contributed by atoms with Gasteiger partial charge in [-0.15, -0.1) is 11.6 Å². The highest BCUT2D eigenvalue weighted by Gasteiger charge is 2.14. The molecule has 3 N–H and O–H groups in total. The molecular weight excluding hydrogens is 324 g/mol. The Kier molecular flexibility index (Phi) is 7.59. The van der Waals surface area contributed by atoms with Crippen LogP contribution in [0.1, 0.15) is 5.56 Å². The van der Waals surface area contributed by atoms with Gasteiger partial charge < -0.3 is 10.5 Å². The van der Waals surface area contributed by atoms with Gasteiger partial charge in [0.25, 0.3) is 10.0 Å². The summed E-state index contributed by atoms with van der Waals surface area (Å²) < 4.78 is 26.6. The summed E-state index contributed by atoms with van der Waals surface area (Å²) in [6.45, 7) is 0.0849. The fourth-order valence-electron chi connectivity index (χ4n) is 1.52. The molecule has 0 bridgehead atoms. The van der Waals surface area contributed by atoms with Gasteiger partial charge in [0.15, 0.2) is 0 Å². The number of aliphatic hydroxyl groups excluding tert-OH is 1. The smallest absolute Gasteiger partial charge is 0.261 e. The Morgan fingerprint density at radius 2 is 1.64 bits per heavy atom. The molecule has 0 atom stereocenters. The summed E-state index contributed by atoms with van der Waals surface area (Å²) in [6.07, 6.45) is 1.11. The van der Waals surface area contributed by atoms with Crippen molar-refractivity contribution in [1.82, 2.24) is 0 Å². The van der Waals surface area contributed by atoms with Crippen LogP contribution >= 0.6 is 11.6 Å². The number of alkyl halides is 1. The number of halogens is 1. The first-order chi connectivity index (χ1) is 10.5. The third-order valence-corrected chi connectivity index (χ3v) is 4.05. The largest absolute Gasteiger partial charge is 0.395 e. The second-order valence-corrected chi connectivity index (χ2v) is 6.12. The van der Waals surface area contributed by atoms with Gasteiger partial charge in [-0.3, -0.25) is 4.72 Å². The molecule has 118 valence electrons. The minimum atomic E-state index is -3.60. The van der Waals surface area contributed by atoms with E-state index in [0.717, 1.165) is 6.21 Å². The summed E-state index contributed by atoms with van der Waals surface area (Å²) >= 11 is 4.94. The van der Waals surface area contributed by atoms with E-state index in [9.17, 15) is 8.42 Å². The van der Waals surface area contributed by atoms with Crippen LogP contribution in [0.5, 0.6) is 0 Å². The highest BCUT2D eigenvalue weighted by molar-refractivity contribution is 7.92. The molecule has 0 saturated heterocycles. The van der Waals surface area contributed by atoms with Crippen molar-refractivity contribution in [2.75, 3.05) is 17.2 Å². The van der Waals surface area contributed by atoms with Crippen LogP contribution in [0.4, 0.5) is 5.69 Å². The lowest BCUT2D eigenvalue weighted by Crippen LogP contribution is -2.13. The number of para-hydroxylation sites is 1. The average Bonchev–Trinajstić information content (AvgIpc) is 2.56. The van der Waals surface area contributed by atoms with Crippen LogP contribution in [-0.2, 0) is 10.0 Å². The molecule has 0 radical (unpaired) electrons. The number of sulfonamides is 1. The van der Waals surface area contributed by atoms with Crippen LogP contribution in [0.15, 0.2) is 59.5 Å². The molecule has 0 saturated carbocycles. The standard InChI is InChI=1S/C13H12N2O2S.C2H5ClO/c14-10-11-6-4-5-9-13(11)15-18(16,17)12-7-2-1-3-8-12;3-1-2-4/h1-10,14-15H;4H,1-2H2. The lowest BCUT2D eigenvalue weighted by atomic mass is 10.2. The van der Waals surface area contributed by atoms with Crippen molar-refractivity contribution in [1.29, 1.82) is 5.41 Å². The number of rotatable bonds is 5. The van der Waals surface area contributed by atoms with Crippen LogP contribution in [-0.4, -0.2) is 32.2 Å². The lowest BCUT2D eigenvalue weighted by Gasteiger charge is -2.09. The summed E-state index contributed by atoms with van der Waals surface area (Å²) in [5.41, 5.74) is 0.924. The highest BCUT2D eigenvalue weighted by atomic mass is 35.5. The molecule has 7 heteroatoms. The van der Waals surface area contributed by atoms with Gasteiger partial charge in [-0.25, -0.2) is 8.42 Å². The van der Waals surface area contributed by atoms with E-state index in [-0.39, 0.29) is 11.5 Å². The molecule has 0 heterocycles. The number of hydrogen-bond donors (Lipinski definition) is 3. The zero-order valence-corrected chi connectivity index (χ0v) is 13.3. The molecule has 0 aliphatic carbocycles. The summed E-state index contributed by atoms with van der Waals surface area (Å²) in [5, 5.41) is 15.0. The fraction of sp³-hybridized carbons (Fsp3) is 0.133. The summed E-state index contributed by atoms with van der Waals surface area (Å²) in [4.78, 5) is 0.199. The molecule has 0 aromatic heterocycles. The molecule has 0 aliphatic rings. The maximum absolute atomic E-state index is 12.1. The first-order valence-corrected chi connectivity index (χ1v) is 8.41. The van der Waals surface area contributed by atoms with E-state index in [1.165, 1.54) is 12.1 Å². The van der Waals surface area contributed by atoms with E-state index in [0.29, 0.717) is 17.1 Å². The van der Waals surface area contributed by atoms with Crippen molar-refractivity contribution in [2.45, 2.75) is 4.90 Å². The van der Waals surface area contributed by atoms with Crippen LogP contribution in [0.2, 0.25) is 0 Å². The summed E-state index contributed by atoms with van der Waals surface area (Å²) in [6, 6.07) is 14.9. The van der Waals surface area contributed by atoms with E-state index >= 15 is 0 Å². The Hall–Kier alpha value is -1.89. The van der Waals surface area contributed by atoms with Gasteiger partial charge in [0, 0.05) is 17.7 Å². The molecule has 2 aromatic rings. The zero-order chi connectivity index (χ0) is 16.4. The Morgan fingerprint density at radius 3 is 2.18 bits per heavy atom. The molecule has 0 aliphatic heterocycles. The number of nitrogens with one attached hydrogen (secondary N) is 2. The number of anilines is 1. The van der Waals surface area contributed by atoms with Crippen molar-refractivity contribution in [3.05, 3.63) is 60.2 Å². The maximum Gasteiger partial charge on any atom is 0.261 e. The van der Waals surface area contributed by atoms with Gasteiger partial charge >= 0.3 is 0 Å². The van der Waals surface area contributed by atoms with Gasteiger partial charge in [0.1, 0.15) is 0 Å². The van der Waals surface area contributed by atoms with Gasteiger partial charge in [-0.2, -0.15) is 0 Å². The first-order valence-electron chi connectivity index (χ1n) is 6.39. The molecule has 2 rings (SSSR count). The van der Waals surface area contributed by atoms with E-state index in [1.807, 2.05) is 0 Å². The van der Waals surface area contributed by atoms with Crippen molar-refractivity contribution in [3.8, 4) is 0 Å². The Balaban J connectivity index is 0.000000541. The molecule has 0 spiro atoms. The Labute approximate surface area is 135 Å². The second-order valence-electron chi connectivity index (χ2n) is 4.06. The zero-order valence-electron chi connectivity index (χ0n) is 11.7. The Bertz CT molecular complexity index is 689. The maximum atomic E-state index is 12.1. The van der Waals surface area contributed by atoms with Crippen molar-refractivity contribution >= 4 is 33.5 Å². The third kappa shape index (κ3) is 5.48. The van der Waals surface area contributed by atoms with Gasteiger partial charge in [0.2, 0.25) is 0 Å². The van der Waals surface area contributed by atoms with Gasteiger partial charge in [-0.1, -0.05) is 36.4 Å². The van der Waals surface area contributed by atoms with Crippen LogP contribution in [0.25, 0.3) is 0 Å². The minimum Gasteiger partial charge on any atom is -0.395 e. The molecule has 2 aromatic carbocycles. The molecule has 5 nitrogen and oxygen atoms in total. The number of benzene rings is 2. The molecule has 0 amide bonds. The molecule has 0 fully saturated rings. The Morgan fingerprint density at radius 1 is 1.09 bits per heavy atom. The molecular formula is C15H17ClN2O3S. The van der Waals surface area contributed by atoms with Crippen LogP contribution in [0, 0.1) is 5.41 Å². The van der Waals surface area contributed by atoms with E-state index in [1.54, 1.807) is 42.5 Å².